The van der Waals surface area contributed by atoms with Gasteiger partial charge in [-0.05, 0) is 0 Å². The molecule has 10 heavy (non-hydrogen) atoms. The van der Waals surface area contributed by atoms with Gasteiger partial charge < -0.3 is 0 Å². The van der Waals surface area contributed by atoms with Gasteiger partial charge in [-0.25, -0.2) is 0 Å². The number of hydrogen-bond donors (Lipinski definition) is 0. The third-order valence-electron chi connectivity index (χ3n) is 1.38. The first-order valence-electron chi connectivity index (χ1n) is 3.27. The van der Waals surface area contributed by atoms with Gasteiger partial charge in [0, 0.05) is 0 Å². The number of rotatable bonds is 2. The summed E-state index contributed by atoms with van der Waals surface area (Å²) in [7, 11) is 0. The van der Waals surface area contributed by atoms with Crippen molar-refractivity contribution >= 4 is 4.79 Å². The van der Waals surface area contributed by atoms with E-state index in [0.29, 0.717) is 0 Å². The molecule has 0 aromatic carbocycles. The van der Waals surface area contributed by atoms with Gasteiger partial charge >= 0.3 is 64.4 Å². The summed E-state index contributed by atoms with van der Waals surface area (Å²) in [5.41, 5.74) is 0. The molecule has 0 spiro atoms. The first-order valence-corrected chi connectivity index (χ1v) is 5.29. The van der Waals surface area contributed by atoms with Crippen LogP contribution in [0.2, 0.25) is 5.32 Å². The van der Waals surface area contributed by atoms with Crippen molar-refractivity contribution in [2.45, 2.75) is 18.7 Å². The third-order valence-corrected chi connectivity index (χ3v) is 3.86. The predicted octanol–water partition coefficient (Wildman–Crippen LogP) is 1.95. The van der Waals surface area contributed by atoms with E-state index < -0.39 is 13.5 Å². The van der Waals surface area contributed by atoms with Crippen LogP contribution in [-0.4, -0.2) is 4.79 Å². The molecule has 0 saturated carbocycles. The summed E-state index contributed by atoms with van der Waals surface area (Å²) in [6.45, 7) is 2.05. The summed E-state index contributed by atoms with van der Waals surface area (Å²) in [6.07, 6.45) is 7.16. The fraction of sp³-hybridized carbons (Fsp3) is 0.375. The summed E-state index contributed by atoms with van der Waals surface area (Å²) >= 11 is -0.929. The molecule has 0 aromatic heterocycles. The minimum atomic E-state index is -0.929. The van der Waals surface area contributed by atoms with E-state index in [1.807, 2.05) is 6.08 Å². The van der Waals surface area contributed by atoms with Crippen molar-refractivity contribution in [2.75, 3.05) is 0 Å². The molecule has 0 aromatic rings. The van der Waals surface area contributed by atoms with E-state index in [1.165, 1.54) is 4.47 Å². The van der Waals surface area contributed by atoms with Crippen LogP contribution in [0.5, 0.6) is 0 Å². The zero-order chi connectivity index (χ0) is 7.40. The Morgan fingerprint density at radius 3 is 3.00 bits per heavy atom. The van der Waals surface area contributed by atoms with Gasteiger partial charge in [0.15, 0.2) is 0 Å². The molecule has 0 bridgehead atoms. The van der Waals surface area contributed by atoms with Gasteiger partial charge in [-0.2, -0.15) is 0 Å². The Balaban J connectivity index is 2.75. The van der Waals surface area contributed by atoms with Gasteiger partial charge in [-0.3, -0.25) is 0 Å². The van der Waals surface area contributed by atoms with Gasteiger partial charge in [0.05, 0.1) is 0 Å². The summed E-state index contributed by atoms with van der Waals surface area (Å²) < 4.78 is 1.31. The first-order chi connectivity index (χ1) is 4.88. The van der Waals surface area contributed by atoms with E-state index in [4.69, 9.17) is 0 Å². The van der Waals surface area contributed by atoms with E-state index in [-0.39, 0.29) is 0 Å². The van der Waals surface area contributed by atoms with Crippen molar-refractivity contribution in [3.63, 3.8) is 0 Å². The van der Waals surface area contributed by atoms with Crippen LogP contribution in [0.15, 0.2) is 22.7 Å². The molecule has 0 atom stereocenters. The second-order valence-corrected chi connectivity index (χ2v) is 4.92. The average Bonchev–Trinajstić information content (AvgIpc) is 2.43. The molecule has 0 radical (unpaired) electrons. The fourth-order valence-corrected chi connectivity index (χ4v) is 2.51. The van der Waals surface area contributed by atoms with Gasteiger partial charge in [0.1, 0.15) is 0 Å². The zero-order valence-corrected chi connectivity index (χ0v) is 7.11. The Morgan fingerprint density at radius 1 is 1.80 bits per heavy atom. The molecule has 1 aliphatic carbocycles. The monoisotopic (exact) mass is 177 g/mol. The molecule has 0 saturated heterocycles. The van der Waals surface area contributed by atoms with E-state index >= 15 is 0 Å². The molecule has 0 unspecified atom stereocenters. The Kier molecular flexibility index (Phi) is 2.82. The van der Waals surface area contributed by atoms with Gasteiger partial charge in [-0.1, -0.05) is 0 Å². The molecule has 0 fully saturated rings. The molecule has 1 nitrogen and oxygen atoms in total. The third kappa shape index (κ3) is 1.54. The fourth-order valence-electron chi connectivity index (χ4n) is 0.866. The van der Waals surface area contributed by atoms with E-state index in [9.17, 15) is 4.79 Å². The van der Waals surface area contributed by atoms with Crippen molar-refractivity contribution < 1.29 is 18.3 Å². The first kappa shape index (κ1) is 7.68. The van der Waals surface area contributed by atoms with Crippen LogP contribution in [0.1, 0.15) is 13.3 Å². The zero-order valence-electron chi connectivity index (χ0n) is 5.93. The van der Waals surface area contributed by atoms with Crippen LogP contribution in [-0.2, 0) is 18.3 Å². The molecule has 1 aliphatic rings. The summed E-state index contributed by atoms with van der Waals surface area (Å²) in [6, 6.07) is 0. The number of hydrogen-bond acceptors (Lipinski definition) is 1. The van der Waals surface area contributed by atoms with Crippen molar-refractivity contribution in [2.24, 2.45) is 0 Å². The molecule has 55 valence electrons. The number of carbonyl (C=O) groups excluding carboxylic acids is 1. The molecule has 0 heterocycles. The molecule has 2 heteroatoms. The molecule has 0 N–H and O–H groups in total. The molecule has 0 aliphatic heterocycles. The normalized spacial score (nSPS) is 15.6. The topological polar surface area (TPSA) is 17.1 Å². The Hall–Kier alpha value is -0.421. The molecular formula is C8H10MnO. The van der Waals surface area contributed by atoms with Crippen LogP contribution in [0.4, 0.5) is 0 Å². The van der Waals surface area contributed by atoms with Crippen molar-refractivity contribution in [1.82, 2.24) is 0 Å². The van der Waals surface area contributed by atoms with E-state index in [2.05, 4.69) is 23.9 Å². The second-order valence-electron chi connectivity index (χ2n) is 1.95. The van der Waals surface area contributed by atoms with Crippen molar-refractivity contribution in [1.29, 1.82) is 0 Å². The minimum absolute atomic E-state index is 0.929. The van der Waals surface area contributed by atoms with Gasteiger partial charge in [0.2, 0.25) is 0 Å². The Bertz CT molecular complexity index is 232. The van der Waals surface area contributed by atoms with E-state index in [1.54, 1.807) is 0 Å². The SMILES string of the molecule is C[CH2][Mn](=[C]=O)[C]1=CC=CC1. The quantitative estimate of drug-likeness (QED) is 0.589. The standard InChI is InChI=1S/C5H5.C2H5.CO.Mn/c1-2-4-5-3-1;2*1-2;/h1-3H,4H2;1H2,2H3;;. The van der Waals surface area contributed by atoms with Crippen molar-refractivity contribution in [3.05, 3.63) is 22.7 Å². The summed E-state index contributed by atoms with van der Waals surface area (Å²) in [5.74, 6) is 0. The summed E-state index contributed by atoms with van der Waals surface area (Å²) in [4.78, 5) is 12.5. The average molecular weight is 177 g/mol. The molecule has 1 rings (SSSR count). The van der Waals surface area contributed by atoms with Crippen LogP contribution < -0.4 is 0 Å². The van der Waals surface area contributed by atoms with Crippen LogP contribution >= 0.6 is 0 Å². The van der Waals surface area contributed by atoms with Crippen molar-refractivity contribution in [3.8, 4) is 0 Å². The summed E-state index contributed by atoms with van der Waals surface area (Å²) in [5, 5.41) is 0.976. The van der Waals surface area contributed by atoms with Crippen LogP contribution in [0, 0.1) is 0 Å². The maximum absolute atomic E-state index is 10.4. The second kappa shape index (κ2) is 3.68. The molecule has 0 amide bonds. The number of allylic oxidation sites excluding steroid dienone is 4. The Morgan fingerprint density at radius 2 is 2.60 bits per heavy atom. The van der Waals surface area contributed by atoms with Crippen LogP contribution in [0.3, 0.4) is 0 Å². The molecular weight excluding hydrogens is 167 g/mol. The maximum atomic E-state index is 10.4. The predicted molar refractivity (Wildman–Crippen MR) is 38.0 cm³/mol. The van der Waals surface area contributed by atoms with Crippen LogP contribution in [0.25, 0.3) is 0 Å². The van der Waals surface area contributed by atoms with Gasteiger partial charge in [0.25, 0.3) is 0 Å². The van der Waals surface area contributed by atoms with Gasteiger partial charge in [-0.15, -0.1) is 0 Å². The Labute approximate surface area is 64.9 Å². The van der Waals surface area contributed by atoms with E-state index in [0.717, 1.165) is 11.7 Å².